The average Bonchev–Trinajstić information content (AvgIpc) is 2.82. The number of benzene rings is 5. The van der Waals surface area contributed by atoms with Gasteiger partial charge in [0.05, 0.1) is 0 Å². The van der Waals surface area contributed by atoms with E-state index in [0.29, 0.717) is 21.9 Å². The zero-order valence-electron chi connectivity index (χ0n) is 18.2. The predicted molar refractivity (Wildman–Crippen MR) is 131 cm³/mol. The van der Waals surface area contributed by atoms with E-state index < -0.39 is 5.92 Å². The number of hydrogen-bond acceptors (Lipinski definition) is 4. The van der Waals surface area contributed by atoms with Crippen LogP contribution in [0, 0.1) is 0 Å². The van der Waals surface area contributed by atoms with Gasteiger partial charge in [0.2, 0.25) is 0 Å². The molecule has 4 nitrogen and oxygen atoms in total. The van der Waals surface area contributed by atoms with Crippen molar-refractivity contribution in [1.29, 1.82) is 0 Å². The molecule has 164 valence electrons. The van der Waals surface area contributed by atoms with E-state index >= 15 is 0 Å². The Bertz CT molecular complexity index is 1380. The monoisotopic (exact) mass is 436 g/mol. The first-order valence-electron chi connectivity index (χ1n) is 10.9. The second kappa shape index (κ2) is 8.06. The van der Waals surface area contributed by atoms with E-state index in [0.717, 1.165) is 22.8 Å². The fourth-order valence-electron chi connectivity index (χ4n) is 4.67. The number of fused-ring (bicyclic) bond motifs is 2. The summed E-state index contributed by atoms with van der Waals surface area (Å²) in [5.74, 6) is -0.237. The third-order valence-corrected chi connectivity index (χ3v) is 6.35. The van der Waals surface area contributed by atoms with Crippen molar-refractivity contribution < 1.29 is 20.4 Å². The van der Waals surface area contributed by atoms with E-state index in [1.54, 1.807) is 60.7 Å². The molecule has 5 aromatic carbocycles. The normalized spacial score (nSPS) is 11.5. The van der Waals surface area contributed by atoms with Gasteiger partial charge in [-0.25, -0.2) is 0 Å². The number of phenols is 4. The Morgan fingerprint density at radius 1 is 0.576 bits per heavy atom. The Morgan fingerprint density at radius 3 is 1.48 bits per heavy atom. The maximum atomic E-state index is 11.1. The maximum absolute atomic E-state index is 11.1. The first-order chi connectivity index (χ1) is 16.0. The van der Waals surface area contributed by atoms with Crippen LogP contribution in [0.4, 0.5) is 0 Å². The van der Waals surface area contributed by atoms with Crippen LogP contribution in [0.25, 0.3) is 21.5 Å². The predicted octanol–water partition coefficient (Wildman–Crippen LogP) is 6.56. The summed E-state index contributed by atoms with van der Waals surface area (Å²) in [6, 6.07) is 25.1. The molecule has 0 saturated heterocycles. The highest BCUT2D eigenvalue weighted by Crippen LogP contribution is 2.47. The van der Waals surface area contributed by atoms with E-state index in [1.807, 2.05) is 24.3 Å². The third kappa shape index (κ3) is 3.60. The maximum Gasteiger partial charge on any atom is 0.120 e. The van der Waals surface area contributed by atoms with Gasteiger partial charge in [0.25, 0.3) is 0 Å². The summed E-state index contributed by atoms with van der Waals surface area (Å²) in [6.07, 6.45) is 0.895. The van der Waals surface area contributed by atoms with Crippen LogP contribution >= 0.6 is 0 Å². The lowest BCUT2D eigenvalue weighted by molar-refractivity contribution is 0.460. The Balaban J connectivity index is 1.91. The Labute approximate surface area is 191 Å². The second-order valence-corrected chi connectivity index (χ2v) is 8.34. The summed E-state index contributed by atoms with van der Waals surface area (Å²) in [4.78, 5) is 0. The molecule has 0 bridgehead atoms. The smallest absolute Gasteiger partial charge is 0.120 e. The molecule has 0 fully saturated rings. The van der Waals surface area contributed by atoms with Crippen LogP contribution in [0.5, 0.6) is 23.0 Å². The lowest BCUT2D eigenvalue weighted by Crippen LogP contribution is -2.06. The van der Waals surface area contributed by atoms with Crippen LogP contribution in [-0.2, 0) is 6.42 Å². The van der Waals surface area contributed by atoms with Crippen molar-refractivity contribution in [3.8, 4) is 23.0 Å². The van der Waals surface area contributed by atoms with Gasteiger partial charge in [0.15, 0.2) is 0 Å². The zero-order valence-corrected chi connectivity index (χ0v) is 18.2. The molecule has 4 heteroatoms. The standard InChI is InChI=1S/C29H24O4/c1-2-17-3-5-20(6-4-17)27(28-23-15-21(30)11-7-18(23)9-13-25(28)32)29-24-16-22(31)12-8-19(24)10-14-26(29)33/h3-16,27,30-33H,2H2,1H3. The highest BCUT2D eigenvalue weighted by atomic mass is 16.3. The van der Waals surface area contributed by atoms with Gasteiger partial charge < -0.3 is 20.4 Å². The number of rotatable bonds is 4. The molecule has 0 saturated carbocycles. The van der Waals surface area contributed by atoms with Gasteiger partial charge in [-0.2, -0.15) is 0 Å². The molecule has 0 aliphatic carbocycles. The second-order valence-electron chi connectivity index (χ2n) is 8.34. The van der Waals surface area contributed by atoms with Crippen LogP contribution < -0.4 is 0 Å². The Kier molecular flexibility index (Phi) is 5.06. The molecule has 0 heterocycles. The van der Waals surface area contributed by atoms with Crippen molar-refractivity contribution in [3.05, 3.63) is 107 Å². The number of aromatic hydroxyl groups is 4. The summed E-state index contributed by atoms with van der Waals surface area (Å²) in [7, 11) is 0. The first-order valence-corrected chi connectivity index (χ1v) is 10.9. The quantitative estimate of drug-likeness (QED) is 0.241. The molecule has 0 radical (unpaired) electrons. The van der Waals surface area contributed by atoms with Gasteiger partial charge >= 0.3 is 0 Å². The average molecular weight is 437 g/mol. The van der Waals surface area contributed by atoms with E-state index in [2.05, 4.69) is 6.92 Å². The summed E-state index contributed by atoms with van der Waals surface area (Å²) < 4.78 is 0. The molecule has 0 atom stereocenters. The minimum absolute atomic E-state index is 0.0641. The minimum atomic E-state index is -0.549. The fourth-order valence-corrected chi connectivity index (χ4v) is 4.67. The number of aryl methyl sites for hydroxylation is 1. The van der Waals surface area contributed by atoms with Crippen molar-refractivity contribution in [1.82, 2.24) is 0 Å². The topological polar surface area (TPSA) is 80.9 Å². The molecule has 0 aliphatic rings. The van der Waals surface area contributed by atoms with E-state index in [1.165, 1.54) is 5.56 Å². The lowest BCUT2D eigenvalue weighted by Gasteiger charge is -2.24. The fraction of sp³-hybridized carbons (Fsp3) is 0.103. The van der Waals surface area contributed by atoms with Gasteiger partial charge in [-0.05, 0) is 75.5 Å². The van der Waals surface area contributed by atoms with Crippen molar-refractivity contribution in [2.24, 2.45) is 0 Å². The third-order valence-electron chi connectivity index (χ3n) is 6.35. The Hall–Kier alpha value is -4.18. The van der Waals surface area contributed by atoms with Gasteiger partial charge in [-0.15, -0.1) is 0 Å². The lowest BCUT2D eigenvalue weighted by atomic mass is 9.79. The van der Waals surface area contributed by atoms with Crippen LogP contribution in [0.3, 0.4) is 0 Å². The molecule has 0 aliphatic heterocycles. The van der Waals surface area contributed by atoms with Crippen molar-refractivity contribution in [3.63, 3.8) is 0 Å². The van der Waals surface area contributed by atoms with Gasteiger partial charge in [-0.3, -0.25) is 0 Å². The van der Waals surface area contributed by atoms with E-state index in [9.17, 15) is 20.4 Å². The summed E-state index contributed by atoms with van der Waals surface area (Å²) in [5, 5.41) is 45.8. The van der Waals surface area contributed by atoms with Crippen LogP contribution in [0.15, 0.2) is 84.9 Å². The highest BCUT2D eigenvalue weighted by molar-refractivity contribution is 5.94. The van der Waals surface area contributed by atoms with Crippen LogP contribution in [0.1, 0.15) is 35.1 Å². The summed E-state index contributed by atoms with van der Waals surface area (Å²) in [6.45, 7) is 2.09. The molecular formula is C29H24O4. The van der Waals surface area contributed by atoms with Crippen molar-refractivity contribution >= 4 is 21.5 Å². The van der Waals surface area contributed by atoms with Gasteiger partial charge in [-0.1, -0.05) is 55.5 Å². The van der Waals surface area contributed by atoms with Gasteiger partial charge in [0, 0.05) is 17.0 Å². The molecule has 0 unspecified atom stereocenters. The van der Waals surface area contributed by atoms with E-state index in [-0.39, 0.29) is 23.0 Å². The highest BCUT2D eigenvalue weighted by Gasteiger charge is 2.27. The molecule has 5 aromatic rings. The van der Waals surface area contributed by atoms with Gasteiger partial charge in [0.1, 0.15) is 23.0 Å². The minimum Gasteiger partial charge on any atom is -0.508 e. The molecule has 0 amide bonds. The van der Waals surface area contributed by atoms with E-state index in [4.69, 9.17) is 0 Å². The Morgan fingerprint density at radius 2 is 1.03 bits per heavy atom. The molecule has 0 aromatic heterocycles. The zero-order chi connectivity index (χ0) is 23.1. The first kappa shape index (κ1) is 20.7. The summed E-state index contributed by atoms with van der Waals surface area (Å²) >= 11 is 0. The molecule has 0 spiro atoms. The molecule has 33 heavy (non-hydrogen) atoms. The largest absolute Gasteiger partial charge is 0.508 e. The SMILES string of the molecule is CCc1ccc(C(c2c(O)ccc3ccc(O)cc23)c2c(O)ccc3ccc(O)cc23)cc1. The van der Waals surface area contributed by atoms with Crippen LogP contribution in [-0.4, -0.2) is 20.4 Å². The molecule has 4 N–H and O–H groups in total. The molecular weight excluding hydrogens is 412 g/mol. The molecule has 5 rings (SSSR count). The number of hydrogen-bond donors (Lipinski definition) is 4. The van der Waals surface area contributed by atoms with Crippen molar-refractivity contribution in [2.75, 3.05) is 0 Å². The number of phenolic OH excluding ortho intramolecular Hbond substituents is 4. The van der Waals surface area contributed by atoms with Crippen molar-refractivity contribution in [2.45, 2.75) is 19.3 Å². The summed E-state index contributed by atoms with van der Waals surface area (Å²) in [5.41, 5.74) is 3.22. The van der Waals surface area contributed by atoms with Crippen LogP contribution in [0.2, 0.25) is 0 Å².